The quantitative estimate of drug-likeness (QED) is 0.666. The van der Waals surface area contributed by atoms with Gasteiger partial charge in [0.25, 0.3) is 0 Å². The van der Waals surface area contributed by atoms with Crippen molar-refractivity contribution in [2.24, 2.45) is 17.8 Å². The molecule has 3 nitrogen and oxygen atoms in total. The maximum absolute atomic E-state index is 8.94. The fraction of sp³-hybridized carbons (Fsp3) is 0.750. The standard InChI is InChI=1S/C12H17N3/c1-3-10(7-13)5-12(9-15)6-11(4-2)8-14/h10-12H,3-6H2,1-2H3. The molecule has 0 N–H and O–H groups in total. The first-order valence-corrected chi connectivity index (χ1v) is 5.40. The fourth-order valence-electron chi connectivity index (χ4n) is 1.51. The van der Waals surface area contributed by atoms with Gasteiger partial charge in [-0.1, -0.05) is 13.8 Å². The summed E-state index contributed by atoms with van der Waals surface area (Å²) in [5.41, 5.74) is 0. The van der Waals surface area contributed by atoms with Gasteiger partial charge in [0.2, 0.25) is 0 Å². The third-order valence-electron chi connectivity index (χ3n) is 2.67. The van der Waals surface area contributed by atoms with Crippen molar-refractivity contribution in [1.82, 2.24) is 0 Å². The van der Waals surface area contributed by atoms with E-state index in [1.165, 1.54) is 0 Å². The first-order valence-electron chi connectivity index (χ1n) is 5.40. The summed E-state index contributed by atoms with van der Waals surface area (Å²) in [6, 6.07) is 6.58. The van der Waals surface area contributed by atoms with E-state index < -0.39 is 0 Å². The molecule has 2 atom stereocenters. The van der Waals surface area contributed by atoms with Crippen LogP contribution >= 0.6 is 0 Å². The van der Waals surface area contributed by atoms with Gasteiger partial charge in [-0.3, -0.25) is 0 Å². The molecule has 0 bridgehead atoms. The molecule has 0 amide bonds. The van der Waals surface area contributed by atoms with Gasteiger partial charge in [-0.25, -0.2) is 0 Å². The highest BCUT2D eigenvalue weighted by Crippen LogP contribution is 2.22. The molecule has 3 heteroatoms. The topological polar surface area (TPSA) is 71.4 Å². The van der Waals surface area contributed by atoms with Crippen LogP contribution in [0.4, 0.5) is 0 Å². The van der Waals surface area contributed by atoms with Crippen LogP contribution in [0.5, 0.6) is 0 Å². The van der Waals surface area contributed by atoms with Gasteiger partial charge in [0.05, 0.1) is 18.2 Å². The number of hydrogen-bond acceptors (Lipinski definition) is 3. The predicted molar refractivity (Wildman–Crippen MR) is 57.1 cm³/mol. The zero-order valence-electron chi connectivity index (χ0n) is 9.40. The molecule has 0 aromatic rings. The van der Waals surface area contributed by atoms with Crippen LogP contribution in [0.1, 0.15) is 39.5 Å². The average molecular weight is 203 g/mol. The summed E-state index contributed by atoms with van der Waals surface area (Å²) in [6.07, 6.45) is 2.75. The van der Waals surface area contributed by atoms with Crippen molar-refractivity contribution < 1.29 is 0 Å². The smallest absolute Gasteiger partial charge is 0.0656 e. The third kappa shape index (κ3) is 5.04. The first kappa shape index (κ1) is 13.5. The monoisotopic (exact) mass is 203 g/mol. The van der Waals surface area contributed by atoms with Crippen LogP contribution in [0.25, 0.3) is 0 Å². The number of hydrogen-bond donors (Lipinski definition) is 0. The summed E-state index contributed by atoms with van der Waals surface area (Å²) in [4.78, 5) is 0. The molecule has 0 aromatic carbocycles. The Kier molecular flexibility index (Phi) is 7.04. The Morgan fingerprint density at radius 1 is 0.733 bits per heavy atom. The van der Waals surface area contributed by atoms with E-state index in [0.717, 1.165) is 12.8 Å². The van der Waals surface area contributed by atoms with E-state index in [1.54, 1.807) is 0 Å². The molecule has 0 saturated carbocycles. The predicted octanol–water partition coefficient (Wildman–Crippen LogP) is 3.01. The van der Waals surface area contributed by atoms with E-state index >= 15 is 0 Å². The SMILES string of the molecule is CCC(C#N)CC(C#N)CC(C#N)CC. The van der Waals surface area contributed by atoms with Gasteiger partial charge in [0.1, 0.15) is 0 Å². The van der Waals surface area contributed by atoms with E-state index in [0.29, 0.717) is 12.8 Å². The molecule has 0 heterocycles. The molecule has 0 aliphatic heterocycles. The van der Waals surface area contributed by atoms with Crippen LogP contribution in [-0.4, -0.2) is 0 Å². The van der Waals surface area contributed by atoms with Gasteiger partial charge >= 0.3 is 0 Å². The molecular weight excluding hydrogens is 186 g/mol. The third-order valence-corrected chi connectivity index (χ3v) is 2.67. The van der Waals surface area contributed by atoms with Gasteiger partial charge in [-0.15, -0.1) is 0 Å². The van der Waals surface area contributed by atoms with E-state index in [2.05, 4.69) is 18.2 Å². The summed E-state index contributed by atoms with van der Waals surface area (Å²) in [5, 5.41) is 26.5. The van der Waals surface area contributed by atoms with Gasteiger partial charge in [0, 0.05) is 17.8 Å². The lowest BCUT2D eigenvalue weighted by molar-refractivity contribution is 0.415. The highest BCUT2D eigenvalue weighted by atomic mass is 14.3. The van der Waals surface area contributed by atoms with E-state index in [4.69, 9.17) is 15.8 Å². The molecule has 0 rings (SSSR count). The lowest BCUT2D eigenvalue weighted by Crippen LogP contribution is -2.10. The molecule has 0 aliphatic rings. The molecular formula is C12H17N3. The Hall–Kier alpha value is -1.53. The number of rotatable bonds is 6. The minimum absolute atomic E-state index is 0.0501. The highest BCUT2D eigenvalue weighted by Gasteiger charge is 2.18. The Labute approximate surface area is 91.9 Å². The summed E-state index contributed by atoms with van der Waals surface area (Å²) in [6.45, 7) is 3.90. The summed E-state index contributed by atoms with van der Waals surface area (Å²) < 4.78 is 0. The largest absolute Gasteiger partial charge is 0.198 e. The van der Waals surface area contributed by atoms with Gasteiger partial charge < -0.3 is 0 Å². The Morgan fingerprint density at radius 2 is 1.07 bits per heavy atom. The Bertz CT molecular complexity index is 265. The molecule has 0 aromatic heterocycles. The number of nitriles is 3. The summed E-state index contributed by atoms with van der Waals surface area (Å²) >= 11 is 0. The van der Waals surface area contributed by atoms with Crippen molar-refractivity contribution in [2.45, 2.75) is 39.5 Å². The van der Waals surface area contributed by atoms with Crippen molar-refractivity contribution in [3.05, 3.63) is 0 Å². The van der Waals surface area contributed by atoms with Crippen LogP contribution in [-0.2, 0) is 0 Å². The molecule has 0 fully saturated rings. The lowest BCUT2D eigenvalue weighted by Gasteiger charge is -2.14. The van der Waals surface area contributed by atoms with Crippen LogP contribution in [0.3, 0.4) is 0 Å². The van der Waals surface area contributed by atoms with Crippen molar-refractivity contribution in [3.63, 3.8) is 0 Å². The molecule has 0 radical (unpaired) electrons. The fourth-order valence-corrected chi connectivity index (χ4v) is 1.51. The van der Waals surface area contributed by atoms with Crippen molar-refractivity contribution in [1.29, 1.82) is 15.8 Å². The van der Waals surface area contributed by atoms with Crippen molar-refractivity contribution >= 4 is 0 Å². The second kappa shape index (κ2) is 7.84. The Morgan fingerprint density at radius 3 is 1.27 bits per heavy atom. The highest BCUT2D eigenvalue weighted by molar-refractivity contribution is 4.95. The van der Waals surface area contributed by atoms with Crippen LogP contribution in [0, 0.1) is 51.7 Å². The lowest BCUT2D eigenvalue weighted by atomic mass is 9.87. The van der Waals surface area contributed by atoms with E-state index in [1.807, 2.05) is 13.8 Å². The van der Waals surface area contributed by atoms with Gasteiger partial charge in [-0.2, -0.15) is 15.8 Å². The van der Waals surface area contributed by atoms with Gasteiger partial charge in [0.15, 0.2) is 0 Å². The van der Waals surface area contributed by atoms with Crippen LogP contribution in [0.2, 0.25) is 0 Å². The van der Waals surface area contributed by atoms with Crippen LogP contribution < -0.4 is 0 Å². The van der Waals surface area contributed by atoms with Crippen molar-refractivity contribution in [3.8, 4) is 18.2 Å². The zero-order chi connectivity index (χ0) is 11.7. The van der Waals surface area contributed by atoms with E-state index in [-0.39, 0.29) is 17.8 Å². The molecule has 2 unspecified atom stereocenters. The molecule has 0 saturated heterocycles. The molecule has 0 aliphatic carbocycles. The van der Waals surface area contributed by atoms with E-state index in [9.17, 15) is 0 Å². The zero-order valence-corrected chi connectivity index (χ0v) is 9.40. The Balaban J connectivity index is 4.23. The first-order chi connectivity index (χ1) is 7.21. The van der Waals surface area contributed by atoms with Gasteiger partial charge in [-0.05, 0) is 25.7 Å². The summed E-state index contributed by atoms with van der Waals surface area (Å²) in [5.74, 6) is -0.254. The maximum atomic E-state index is 8.94. The minimum Gasteiger partial charge on any atom is -0.198 e. The van der Waals surface area contributed by atoms with Crippen molar-refractivity contribution in [2.75, 3.05) is 0 Å². The number of nitrogens with zero attached hydrogens (tertiary/aromatic N) is 3. The summed E-state index contributed by atoms with van der Waals surface area (Å²) in [7, 11) is 0. The minimum atomic E-state index is -0.154. The van der Waals surface area contributed by atoms with Crippen LogP contribution in [0.15, 0.2) is 0 Å². The molecule has 15 heavy (non-hydrogen) atoms. The normalized spacial score (nSPS) is 15.4. The second-order valence-electron chi connectivity index (χ2n) is 3.77. The maximum Gasteiger partial charge on any atom is 0.0656 e. The molecule has 0 spiro atoms. The second-order valence-corrected chi connectivity index (χ2v) is 3.77. The average Bonchev–Trinajstić information content (AvgIpc) is 2.30. The molecule has 80 valence electrons.